The summed E-state index contributed by atoms with van der Waals surface area (Å²) in [6.45, 7) is -0.718. The molecule has 1 aromatic heterocycles. The lowest BCUT2D eigenvalue weighted by Gasteiger charge is -2.39. The number of hydrogen-bond donors (Lipinski definition) is 8. The number of phenolic OH excluding ortho intramolecular Hbond substituents is 3. The molecule has 0 bridgehead atoms. The fourth-order valence-corrected chi connectivity index (χ4v) is 3.48. The Balaban J connectivity index is 1.80. The summed E-state index contributed by atoms with van der Waals surface area (Å²) in [5, 5.41) is 79.0. The molecule has 2 heterocycles. The van der Waals surface area contributed by atoms with Gasteiger partial charge < -0.3 is 54.7 Å². The van der Waals surface area contributed by atoms with E-state index in [2.05, 4.69) is 0 Å². The third-order valence-electron chi connectivity index (χ3n) is 5.29. The van der Waals surface area contributed by atoms with Gasteiger partial charge in [-0.1, -0.05) is 0 Å². The van der Waals surface area contributed by atoms with Crippen molar-refractivity contribution in [2.24, 2.45) is 0 Å². The largest absolute Gasteiger partial charge is 0.508 e. The molecular weight excluding hydrogens is 444 g/mol. The average Bonchev–Trinajstić information content (AvgIpc) is 2.80. The third kappa shape index (κ3) is 3.79. The van der Waals surface area contributed by atoms with Crippen molar-refractivity contribution in [3.63, 3.8) is 0 Å². The zero-order valence-corrected chi connectivity index (χ0v) is 16.7. The number of ether oxygens (including phenoxy) is 2. The number of benzene rings is 2. The minimum atomic E-state index is -1.81. The molecule has 0 unspecified atom stereocenters. The third-order valence-corrected chi connectivity index (χ3v) is 5.29. The Kier molecular flexibility index (Phi) is 5.78. The van der Waals surface area contributed by atoms with Crippen molar-refractivity contribution in [2.75, 3.05) is 6.61 Å². The van der Waals surface area contributed by atoms with Gasteiger partial charge in [-0.15, -0.1) is 0 Å². The van der Waals surface area contributed by atoms with E-state index in [1.807, 2.05) is 0 Å². The minimum absolute atomic E-state index is 0.0702. The van der Waals surface area contributed by atoms with Crippen molar-refractivity contribution in [1.29, 1.82) is 0 Å². The highest BCUT2D eigenvalue weighted by Gasteiger charge is 2.45. The SMILES string of the molecule is O=c1c(O)c(-c2ccc(O)cc2)oc2cc(O[C@H]3O[C@@H](CO)[C@H](O)[C@H](O)[C@@H]3O)c(O)c(O)c12. The highest BCUT2D eigenvalue weighted by atomic mass is 16.7. The maximum Gasteiger partial charge on any atom is 0.238 e. The summed E-state index contributed by atoms with van der Waals surface area (Å²) in [6, 6.07) is 6.30. The molecule has 12 nitrogen and oxygen atoms in total. The molecule has 0 amide bonds. The highest BCUT2D eigenvalue weighted by molar-refractivity contribution is 5.91. The van der Waals surface area contributed by atoms with Crippen LogP contribution < -0.4 is 10.2 Å². The van der Waals surface area contributed by atoms with Crippen molar-refractivity contribution < 1.29 is 54.7 Å². The summed E-state index contributed by atoms with van der Waals surface area (Å²) in [5.74, 6) is -3.70. The predicted molar refractivity (Wildman–Crippen MR) is 109 cm³/mol. The first-order chi connectivity index (χ1) is 15.6. The summed E-state index contributed by atoms with van der Waals surface area (Å²) in [4.78, 5) is 12.7. The number of aliphatic hydroxyl groups excluding tert-OH is 4. The lowest BCUT2D eigenvalue weighted by molar-refractivity contribution is -0.277. The molecule has 0 saturated carbocycles. The zero-order valence-electron chi connectivity index (χ0n) is 16.7. The molecule has 1 aliphatic heterocycles. The van der Waals surface area contributed by atoms with Crippen LogP contribution in [0, 0.1) is 0 Å². The second-order valence-corrected chi connectivity index (χ2v) is 7.42. The molecular formula is C21H20O12. The first-order valence-electron chi connectivity index (χ1n) is 9.65. The van der Waals surface area contributed by atoms with E-state index in [-0.39, 0.29) is 22.7 Å². The van der Waals surface area contributed by atoms with Crippen molar-refractivity contribution in [2.45, 2.75) is 30.7 Å². The van der Waals surface area contributed by atoms with E-state index in [9.17, 15) is 45.6 Å². The van der Waals surface area contributed by atoms with Crippen molar-refractivity contribution in [3.8, 4) is 40.1 Å². The number of aliphatic hydroxyl groups is 4. The lowest BCUT2D eigenvalue weighted by Crippen LogP contribution is -2.60. The Morgan fingerprint density at radius 2 is 1.55 bits per heavy atom. The van der Waals surface area contributed by atoms with Crippen LogP contribution in [0.4, 0.5) is 0 Å². The van der Waals surface area contributed by atoms with E-state index in [0.29, 0.717) is 0 Å². The summed E-state index contributed by atoms with van der Waals surface area (Å²) in [7, 11) is 0. The Morgan fingerprint density at radius 1 is 0.879 bits per heavy atom. The number of fused-ring (bicyclic) bond motifs is 1. The minimum Gasteiger partial charge on any atom is -0.508 e. The summed E-state index contributed by atoms with van der Waals surface area (Å²) in [5.41, 5.74) is -1.17. The Bertz CT molecular complexity index is 1230. The maximum absolute atomic E-state index is 12.7. The number of aromatic hydroxyl groups is 4. The summed E-state index contributed by atoms with van der Waals surface area (Å²) in [6.07, 6.45) is -8.19. The fraction of sp³-hybridized carbons (Fsp3) is 0.286. The van der Waals surface area contributed by atoms with Gasteiger partial charge in [-0.05, 0) is 24.3 Å². The molecule has 176 valence electrons. The smallest absolute Gasteiger partial charge is 0.238 e. The highest BCUT2D eigenvalue weighted by Crippen LogP contribution is 2.44. The lowest BCUT2D eigenvalue weighted by atomic mass is 9.99. The Hall–Kier alpha value is -3.55. The van der Waals surface area contributed by atoms with Crippen LogP contribution in [0.1, 0.15) is 0 Å². The molecule has 2 aromatic carbocycles. The Labute approximate surface area is 184 Å². The average molecular weight is 464 g/mol. The van der Waals surface area contributed by atoms with Crippen LogP contribution >= 0.6 is 0 Å². The molecule has 8 N–H and O–H groups in total. The van der Waals surface area contributed by atoms with Gasteiger partial charge in [0.2, 0.25) is 23.2 Å². The van der Waals surface area contributed by atoms with E-state index in [4.69, 9.17) is 13.9 Å². The van der Waals surface area contributed by atoms with Crippen LogP contribution in [-0.2, 0) is 4.74 Å². The molecule has 3 aromatic rings. The molecule has 1 aliphatic rings. The topological polar surface area (TPSA) is 211 Å². The summed E-state index contributed by atoms with van der Waals surface area (Å²) >= 11 is 0. The van der Waals surface area contributed by atoms with Gasteiger partial charge in [-0.3, -0.25) is 4.79 Å². The van der Waals surface area contributed by atoms with Gasteiger partial charge in [0.25, 0.3) is 0 Å². The zero-order chi connectivity index (χ0) is 24.0. The van der Waals surface area contributed by atoms with E-state index < -0.39 is 71.1 Å². The molecule has 1 saturated heterocycles. The summed E-state index contributed by atoms with van der Waals surface area (Å²) < 4.78 is 16.1. The predicted octanol–water partition coefficient (Wildman–Crippen LogP) is -0.539. The second-order valence-electron chi connectivity index (χ2n) is 7.42. The quantitative estimate of drug-likeness (QED) is 0.229. The normalized spacial score (nSPS) is 25.3. The van der Waals surface area contributed by atoms with Crippen molar-refractivity contribution >= 4 is 11.0 Å². The molecule has 5 atom stereocenters. The van der Waals surface area contributed by atoms with Crippen LogP contribution in [0.25, 0.3) is 22.3 Å². The van der Waals surface area contributed by atoms with Crippen LogP contribution in [0.5, 0.6) is 28.7 Å². The van der Waals surface area contributed by atoms with Crippen LogP contribution in [0.15, 0.2) is 39.5 Å². The molecule has 1 fully saturated rings. The number of hydrogen-bond acceptors (Lipinski definition) is 12. The van der Waals surface area contributed by atoms with Gasteiger partial charge in [0, 0.05) is 11.6 Å². The van der Waals surface area contributed by atoms with E-state index >= 15 is 0 Å². The first-order valence-corrected chi connectivity index (χ1v) is 9.65. The van der Waals surface area contributed by atoms with Gasteiger partial charge >= 0.3 is 0 Å². The van der Waals surface area contributed by atoms with Crippen LogP contribution in [-0.4, -0.2) is 78.2 Å². The molecule has 12 heteroatoms. The second kappa shape index (κ2) is 8.42. The van der Waals surface area contributed by atoms with Gasteiger partial charge in [-0.25, -0.2) is 0 Å². The molecule has 0 spiro atoms. The van der Waals surface area contributed by atoms with Gasteiger partial charge in [-0.2, -0.15) is 0 Å². The van der Waals surface area contributed by atoms with E-state index in [1.54, 1.807) is 0 Å². The van der Waals surface area contributed by atoms with Gasteiger partial charge in [0.15, 0.2) is 17.3 Å². The maximum atomic E-state index is 12.7. The number of rotatable bonds is 4. The van der Waals surface area contributed by atoms with Crippen LogP contribution in [0.3, 0.4) is 0 Å². The fourth-order valence-electron chi connectivity index (χ4n) is 3.48. The molecule has 33 heavy (non-hydrogen) atoms. The Morgan fingerprint density at radius 3 is 2.18 bits per heavy atom. The van der Waals surface area contributed by atoms with Gasteiger partial charge in [0.1, 0.15) is 41.1 Å². The first kappa shape index (κ1) is 22.6. The van der Waals surface area contributed by atoms with Crippen LogP contribution in [0.2, 0.25) is 0 Å². The standard InChI is InChI=1S/C21H20O12/c22-6-11-14(25)17(28)19(30)21(33-11)32-10-5-9-12(15(26)13(10)24)16(27)18(29)20(31-9)7-1-3-8(23)4-2-7/h1-5,11,14,17,19,21-26,28-30H,6H2/t11-,14-,17-,19-,21-/m0/s1. The number of phenols is 3. The van der Waals surface area contributed by atoms with E-state index in [0.717, 1.165) is 6.07 Å². The monoisotopic (exact) mass is 464 g/mol. The van der Waals surface area contributed by atoms with Crippen molar-refractivity contribution in [1.82, 2.24) is 0 Å². The van der Waals surface area contributed by atoms with Crippen molar-refractivity contribution in [3.05, 3.63) is 40.6 Å². The molecule has 0 aliphatic carbocycles. The van der Waals surface area contributed by atoms with E-state index in [1.165, 1.54) is 24.3 Å². The van der Waals surface area contributed by atoms with Gasteiger partial charge in [0.05, 0.1) is 6.61 Å². The molecule has 4 rings (SSSR count). The molecule has 0 radical (unpaired) electrons.